The van der Waals surface area contributed by atoms with Gasteiger partial charge in [-0.1, -0.05) is 18.7 Å². The lowest BCUT2D eigenvalue weighted by Crippen LogP contribution is -2.12. The van der Waals surface area contributed by atoms with E-state index in [9.17, 15) is 14.4 Å². The molecule has 0 bridgehead atoms. The molecular weight excluding hydrogens is 392 g/mol. The van der Waals surface area contributed by atoms with Crippen LogP contribution in [-0.4, -0.2) is 25.3 Å². The fraction of sp³-hybridized carbons (Fsp3) is 0.227. The molecule has 0 atom stereocenters. The topological polar surface area (TPSA) is 78.9 Å². The lowest BCUT2D eigenvalue weighted by Gasteiger charge is -2.07. The largest absolute Gasteiger partial charge is 0.513 e. The van der Waals surface area contributed by atoms with Crippen LogP contribution in [0.25, 0.3) is 20.2 Å². The van der Waals surface area contributed by atoms with Crippen LogP contribution in [-0.2, 0) is 14.3 Å². The number of benzene rings is 2. The molecule has 7 heteroatoms. The Morgan fingerprint density at radius 3 is 2.41 bits per heavy atom. The predicted octanol–water partition coefficient (Wildman–Crippen LogP) is 4.83. The van der Waals surface area contributed by atoms with Crippen LogP contribution < -0.4 is 10.2 Å². The van der Waals surface area contributed by atoms with Crippen LogP contribution in [0.1, 0.15) is 19.8 Å². The molecular formula is C22H20O6S. The molecule has 3 rings (SSSR count). The van der Waals surface area contributed by atoms with Gasteiger partial charge in [-0.25, -0.2) is 9.59 Å². The highest BCUT2D eigenvalue weighted by molar-refractivity contribution is 7.24. The summed E-state index contributed by atoms with van der Waals surface area (Å²) in [4.78, 5) is 35.8. The van der Waals surface area contributed by atoms with Crippen LogP contribution in [0.5, 0.6) is 5.75 Å². The molecule has 0 spiro atoms. The lowest BCUT2D eigenvalue weighted by atomic mass is 10.2. The van der Waals surface area contributed by atoms with Crippen LogP contribution in [0, 0.1) is 0 Å². The Morgan fingerprint density at radius 2 is 1.66 bits per heavy atom. The fourth-order valence-corrected chi connectivity index (χ4v) is 3.67. The summed E-state index contributed by atoms with van der Waals surface area (Å²) in [6.07, 6.45) is 0.227. The minimum absolute atomic E-state index is 0.0996. The minimum atomic E-state index is -0.847. The first kappa shape index (κ1) is 20.5. The Bertz CT molecular complexity index is 1130. The second-order valence-electron chi connectivity index (χ2n) is 6.41. The van der Waals surface area contributed by atoms with E-state index in [2.05, 4.69) is 6.58 Å². The summed E-state index contributed by atoms with van der Waals surface area (Å²) in [5, 5.41) is 1.13. The van der Waals surface area contributed by atoms with Gasteiger partial charge in [0.05, 0.1) is 13.2 Å². The maximum absolute atomic E-state index is 12.7. The maximum Gasteiger partial charge on any atom is 0.513 e. The number of carbonyl (C=O) groups excluding carboxylic acids is 2. The Kier molecular flexibility index (Phi) is 6.61. The van der Waals surface area contributed by atoms with E-state index < -0.39 is 12.1 Å². The molecule has 6 nitrogen and oxygen atoms in total. The molecule has 150 valence electrons. The van der Waals surface area contributed by atoms with Crippen molar-refractivity contribution in [2.45, 2.75) is 19.8 Å². The van der Waals surface area contributed by atoms with Crippen molar-refractivity contribution in [1.82, 2.24) is 0 Å². The van der Waals surface area contributed by atoms with Crippen molar-refractivity contribution in [3.05, 3.63) is 64.8 Å². The molecule has 0 aliphatic carbocycles. The average molecular weight is 412 g/mol. The zero-order chi connectivity index (χ0) is 20.8. The molecule has 0 aliphatic heterocycles. The Hall–Kier alpha value is -3.19. The summed E-state index contributed by atoms with van der Waals surface area (Å²) in [6, 6.07) is 12.3. The monoisotopic (exact) mass is 412 g/mol. The highest BCUT2D eigenvalue weighted by Crippen LogP contribution is 2.27. The summed E-state index contributed by atoms with van der Waals surface area (Å²) in [7, 11) is 0. The molecule has 29 heavy (non-hydrogen) atoms. The normalized spacial score (nSPS) is 10.7. The quantitative estimate of drug-likeness (QED) is 0.182. The van der Waals surface area contributed by atoms with Crippen molar-refractivity contribution in [1.29, 1.82) is 0 Å². The third-order valence-electron chi connectivity index (χ3n) is 4.09. The Morgan fingerprint density at radius 1 is 0.966 bits per heavy atom. The number of rotatable bonds is 7. The molecule has 0 saturated carbocycles. The van der Waals surface area contributed by atoms with Crippen molar-refractivity contribution in [3.8, 4) is 5.75 Å². The predicted molar refractivity (Wildman–Crippen MR) is 113 cm³/mol. The van der Waals surface area contributed by atoms with Gasteiger partial charge in [0.2, 0.25) is 0 Å². The third kappa shape index (κ3) is 5.20. The summed E-state index contributed by atoms with van der Waals surface area (Å²) in [5.74, 6) is -0.189. The first-order valence-corrected chi connectivity index (χ1v) is 9.90. The van der Waals surface area contributed by atoms with Crippen molar-refractivity contribution < 1.29 is 23.8 Å². The van der Waals surface area contributed by atoms with Gasteiger partial charge >= 0.3 is 12.1 Å². The number of carbonyl (C=O) groups is 2. The molecule has 0 radical (unpaired) electrons. The van der Waals surface area contributed by atoms with Gasteiger partial charge < -0.3 is 14.2 Å². The van der Waals surface area contributed by atoms with E-state index in [1.807, 2.05) is 18.2 Å². The van der Waals surface area contributed by atoms with E-state index in [4.69, 9.17) is 14.2 Å². The van der Waals surface area contributed by atoms with Gasteiger partial charge in [-0.05, 0) is 50.1 Å². The number of hydrogen-bond donors (Lipinski definition) is 0. The van der Waals surface area contributed by atoms with Crippen LogP contribution >= 0.6 is 11.3 Å². The highest BCUT2D eigenvalue weighted by atomic mass is 32.1. The van der Waals surface area contributed by atoms with E-state index in [-0.39, 0.29) is 24.4 Å². The van der Waals surface area contributed by atoms with E-state index >= 15 is 0 Å². The fourth-order valence-electron chi connectivity index (χ4n) is 2.62. The SMILES string of the molecule is C=C(C)C(=O)OCCCCOC(=O)Oc1ccc2sc3ccccc3c(=O)c2c1. The number of fused-ring (bicyclic) bond motifs is 2. The molecule has 0 fully saturated rings. The summed E-state index contributed by atoms with van der Waals surface area (Å²) >= 11 is 1.51. The standard InChI is InChI=1S/C22H20O6S/c1-14(2)21(24)26-11-5-6-12-27-22(25)28-15-9-10-19-17(13-15)20(23)16-7-3-4-8-18(16)29-19/h3-4,7-10,13H,1,5-6,11-12H2,2H3. The molecule has 1 aromatic heterocycles. The van der Waals surface area contributed by atoms with Gasteiger partial charge in [0.1, 0.15) is 5.75 Å². The van der Waals surface area contributed by atoms with Gasteiger partial charge in [-0.2, -0.15) is 0 Å². The molecule has 0 amide bonds. The van der Waals surface area contributed by atoms with Gasteiger partial charge in [0.15, 0.2) is 5.43 Å². The van der Waals surface area contributed by atoms with Gasteiger partial charge in [0.25, 0.3) is 0 Å². The third-order valence-corrected chi connectivity index (χ3v) is 5.24. The number of hydrogen-bond acceptors (Lipinski definition) is 7. The van der Waals surface area contributed by atoms with E-state index in [1.54, 1.807) is 31.2 Å². The zero-order valence-corrected chi connectivity index (χ0v) is 16.8. The lowest BCUT2D eigenvalue weighted by molar-refractivity contribution is -0.139. The maximum atomic E-state index is 12.7. The van der Waals surface area contributed by atoms with Crippen molar-refractivity contribution in [2.75, 3.05) is 13.2 Å². The first-order valence-electron chi connectivity index (χ1n) is 9.08. The van der Waals surface area contributed by atoms with Crippen molar-refractivity contribution in [3.63, 3.8) is 0 Å². The summed E-state index contributed by atoms with van der Waals surface area (Å²) < 4.78 is 16.9. The molecule has 2 aromatic carbocycles. The van der Waals surface area contributed by atoms with Crippen molar-refractivity contribution >= 4 is 43.6 Å². The van der Waals surface area contributed by atoms with Crippen LogP contribution in [0.2, 0.25) is 0 Å². The average Bonchev–Trinajstić information content (AvgIpc) is 2.71. The number of esters is 1. The smallest absolute Gasteiger partial charge is 0.462 e. The molecule has 0 aliphatic rings. The van der Waals surface area contributed by atoms with Gasteiger partial charge in [-0.15, -0.1) is 11.3 Å². The zero-order valence-electron chi connectivity index (χ0n) is 15.9. The Labute approximate surface area is 171 Å². The number of unbranched alkanes of at least 4 members (excludes halogenated alkanes) is 1. The highest BCUT2D eigenvalue weighted by Gasteiger charge is 2.10. The second kappa shape index (κ2) is 9.34. The molecule has 1 heterocycles. The van der Waals surface area contributed by atoms with Crippen LogP contribution in [0.4, 0.5) is 4.79 Å². The van der Waals surface area contributed by atoms with E-state index in [0.29, 0.717) is 29.2 Å². The minimum Gasteiger partial charge on any atom is -0.462 e. The summed E-state index contributed by atoms with van der Waals surface area (Å²) in [5.41, 5.74) is 0.243. The molecule has 3 aromatic rings. The number of ether oxygens (including phenoxy) is 3. The van der Waals surface area contributed by atoms with Crippen LogP contribution in [0.15, 0.2) is 59.4 Å². The first-order chi connectivity index (χ1) is 14.0. The van der Waals surface area contributed by atoms with Crippen LogP contribution in [0.3, 0.4) is 0 Å². The van der Waals surface area contributed by atoms with Crippen molar-refractivity contribution in [2.24, 2.45) is 0 Å². The molecule has 0 N–H and O–H groups in total. The Balaban J connectivity index is 1.55. The van der Waals surface area contributed by atoms with Gasteiger partial charge in [0, 0.05) is 25.7 Å². The summed E-state index contributed by atoms with van der Waals surface area (Å²) in [6.45, 7) is 5.44. The van der Waals surface area contributed by atoms with E-state index in [1.165, 1.54) is 11.3 Å². The molecule has 0 unspecified atom stereocenters. The van der Waals surface area contributed by atoms with Gasteiger partial charge in [-0.3, -0.25) is 4.79 Å². The second-order valence-corrected chi connectivity index (χ2v) is 7.49. The molecule has 0 saturated heterocycles. The van der Waals surface area contributed by atoms with E-state index in [0.717, 1.165) is 9.40 Å².